The SMILES string of the molecule is COc1ccc(Cl)cc1NC(=O)CSc1nnc(C2CCCN2C(=O)c2ccc(Cl)cc2)n1C. The van der Waals surface area contributed by atoms with Crippen LogP contribution in [0.5, 0.6) is 5.75 Å². The largest absolute Gasteiger partial charge is 0.495 e. The van der Waals surface area contributed by atoms with Crippen LogP contribution < -0.4 is 10.1 Å². The van der Waals surface area contributed by atoms with Gasteiger partial charge in [0.1, 0.15) is 5.75 Å². The first-order valence-electron chi connectivity index (χ1n) is 10.6. The highest BCUT2D eigenvalue weighted by Crippen LogP contribution is 2.34. The smallest absolute Gasteiger partial charge is 0.254 e. The number of methoxy groups -OCH3 is 1. The van der Waals surface area contributed by atoms with Gasteiger partial charge < -0.3 is 19.5 Å². The quantitative estimate of drug-likeness (QED) is 0.449. The Bertz CT molecular complexity index is 1200. The van der Waals surface area contributed by atoms with Crippen LogP contribution in [-0.4, -0.2) is 50.9 Å². The van der Waals surface area contributed by atoms with Gasteiger partial charge in [-0.15, -0.1) is 10.2 Å². The number of halogens is 2. The van der Waals surface area contributed by atoms with Crippen LogP contribution in [0.3, 0.4) is 0 Å². The molecule has 1 unspecified atom stereocenters. The number of anilines is 1. The summed E-state index contributed by atoms with van der Waals surface area (Å²) >= 11 is 13.2. The number of nitrogens with zero attached hydrogens (tertiary/aromatic N) is 4. The Hall–Kier alpha value is -2.75. The van der Waals surface area contributed by atoms with E-state index in [4.69, 9.17) is 27.9 Å². The Balaban J connectivity index is 1.42. The molecule has 8 nitrogen and oxygen atoms in total. The van der Waals surface area contributed by atoms with E-state index in [2.05, 4.69) is 15.5 Å². The van der Waals surface area contributed by atoms with E-state index in [1.54, 1.807) is 42.5 Å². The van der Waals surface area contributed by atoms with Gasteiger partial charge in [0.2, 0.25) is 5.91 Å². The van der Waals surface area contributed by atoms with Crippen LogP contribution in [0.4, 0.5) is 5.69 Å². The van der Waals surface area contributed by atoms with Crippen molar-refractivity contribution in [2.24, 2.45) is 7.05 Å². The number of thioether (sulfide) groups is 1. The number of hydrogen-bond donors (Lipinski definition) is 1. The van der Waals surface area contributed by atoms with Crippen molar-refractivity contribution < 1.29 is 14.3 Å². The second-order valence-electron chi connectivity index (χ2n) is 7.74. The average Bonchev–Trinajstić information content (AvgIpc) is 3.44. The van der Waals surface area contributed by atoms with Gasteiger partial charge in [-0.1, -0.05) is 35.0 Å². The minimum Gasteiger partial charge on any atom is -0.495 e. The fraction of sp³-hybridized carbons (Fsp3) is 0.304. The van der Waals surface area contributed by atoms with E-state index in [0.29, 0.717) is 44.6 Å². The molecule has 1 fully saturated rings. The number of ether oxygens (including phenoxy) is 1. The molecule has 1 aliphatic rings. The predicted octanol–water partition coefficient (Wildman–Crippen LogP) is 4.84. The zero-order valence-electron chi connectivity index (χ0n) is 18.6. The second-order valence-corrected chi connectivity index (χ2v) is 9.56. The number of benzene rings is 2. The molecule has 0 bridgehead atoms. The molecule has 178 valence electrons. The number of nitrogens with one attached hydrogen (secondary N) is 1. The van der Waals surface area contributed by atoms with Crippen LogP contribution in [0, 0.1) is 0 Å². The van der Waals surface area contributed by atoms with Gasteiger partial charge in [0.15, 0.2) is 11.0 Å². The van der Waals surface area contributed by atoms with E-state index in [9.17, 15) is 9.59 Å². The van der Waals surface area contributed by atoms with Crippen molar-refractivity contribution in [3.63, 3.8) is 0 Å². The van der Waals surface area contributed by atoms with Crippen LogP contribution in [0.15, 0.2) is 47.6 Å². The molecule has 34 heavy (non-hydrogen) atoms. The summed E-state index contributed by atoms with van der Waals surface area (Å²) in [6, 6.07) is 11.7. The highest BCUT2D eigenvalue weighted by atomic mass is 35.5. The number of hydrogen-bond acceptors (Lipinski definition) is 6. The third-order valence-electron chi connectivity index (χ3n) is 5.54. The van der Waals surface area contributed by atoms with Crippen molar-refractivity contribution >= 4 is 52.5 Å². The first kappa shape index (κ1) is 24.4. The van der Waals surface area contributed by atoms with Crippen LogP contribution in [0.25, 0.3) is 0 Å². The van der Waals surface area contributed by atoms with Gasteiger partial charge >= 0.3 is 0 Å². The lowest BCUT2D eigenvalue weighted by molar-refractivity contribution is -0.113. The highest BCUT2D eigenvalue weighted by molar-refractivity contribution is 7.99. The highest BCUT2D eigenvalue weighted by Gasteiger charge is 2.34. The summed E-state index contributed by atoms with van der Waals surface area (Å²) in [6.07, 6.45) is 1.67. The van der Waals surface area contributed by atoms with E-state index >= 15 is 0 Å². The van der Waals surface area contributed by atoms with Crippen molar-refractivity contribution in [1.29, 1.82) is 0 Å². The Kier molecular flexibility index (Phi) is 7.65. The van der Waals surface area contributed by atoms with Gasteiger partial charge in [0.25, 0.3) is 5.91 Å². The van der Waals surface area contributed by atoms with Crippen LogP contribution in [0.2, 0.25) is 10.0 Å². The lowest BCUT2D eigenvalue weighted by atomic mass is 10.1. The molecule has 1 saturated heterocycles. The van der Waals surface area contributed by atoms with Gasteiger partial charge in [-0.3, -0.25) is 9.59 Å². The molecule has 2 amide bonds. The summed E-state index contributed by atoms with van der Waals surface area (Å²) in [5.74, 6) is 1.05. The summed E-state index contributed by atoms with van der Waals surface area (Å²) in [4.78, 5) is 27.4. The van der Waals surface area contributed by atoms with E-state index in [0.717, 1.165) is 12.8 Å². The van der Waals surface area contributed by atoms with Crippen LogP contribution in [0.1, 0.15) is 35.1 Å². The van der Waals surface area contributed by atoms with E-state index < -0.39 is 0 Å². The monoisotopic (exact) mass is 519 g/mol. The van der Waals surface area contributed by atoms with Gasteiger partial charge in [0.05, 0.1) is 24.6 Å². The average molecular weight is 520 g/mol. The Morgan fingerprint density at radius 1 is 1.15 bits per heavy atom. The van der Waals surface area contributed by atoms with Crippen molar-refractivity contribution in [2.45, 2.75) is 24.0 Å². The fourth-order valence-electron chi connectivity index (χ4n) is 3.87. The van der Waals surface area contributed by atoms with E-state index in [-0.39, 0.29) is 23.6 Å². The maximum Gasteiger partial charge on any atom is 0.254 e. The number of rotatable bonds is 7. The molecular weight excluding hydrogens is 497 g/mol. The lowest BCUT2D eigenvalue weighted by Crippen LogP contribution is -2.31. The maximum atomic E-state index is 13.1. The molecule has 1 atom stereocenters. The molecule has 4 rings (SSSR count). The maximum absolute atomic E-state index is 13.1. The Morgan fingerprint density at radius 2 is 1.88 bits per heavy atom. The molecular formula is C23H23Cl2N5O3S. The summed E-state index contributed by atoms with van der Waals surface area (Å²) in [5.41, 5.74) is 1.09. The van der Waals surface area contributed by atoms with Gasteiger partial charge in [-0.2, -0.15) is 0 Å². The molecule has 1 aromatic heterocycles. The van der Waals surface area contributed by atoms with Gasteiger partial charge in [-0.25, -0.2) is 0 Å². The molecule has 0 saturated carbocycles. The van der Waals surface area contributed by atoms with Gasteiger partial charge in [0, 0.05) is 29.2 Å². The normalized spacial score (nSPS) is 15.4. The number of amides is 2. The van der Waals surface area contributed by atoms with E-state index in [1.807, 2.05) is 16.5 Å². The van der Waals surface area contributed by atoms with Crippen molar-refractivity contribution in [1.82, 2.24) is 19.7 Å². The molecule has 2 aromatic carbocycles. The van der Waals surface area contributed by atoms with Gasteiger partial charge in [-0.05, 0) is 55.3 Å². The number of likely N-dealkylation sites (tertiary alicyclic amines) is 1. The first-order chi connectivity index (χ1) is 16.4. The minimum atomic E-state index is -0.226. The Labute approximate surface area is 211 Å². The van der Waals surface area contributed by atoms with Crippen molar-refractivity contribution in [2.75, 3.05) is 24.7 Å². The molecule has 2 heterocycles. The molecule has 3 aromatic rings. The van der Waals surface area contributed by atoms with E-state index in [1.165, 1.54) is 18.9 Å². The van der Waals surface area contributed by atoms with Crippen molar-refractivity contribution in [3.05, 3.63) is 63.9 Å². The summed E-state index contributed by atoms with van der Waals surface area (Å²) in [5, 5.41) is 13.1. The molecule has 0 aliphatic carbocycles. The topological polar surface area (TPSA) is 89.3 Å². The third-order valence-corrected chi connectivity index (χ3v) is 7.05. The summed E-state index contributed by atoms with van der Waals surface area (Å²) in [6.45, 7) is 0.644. The van der Waals surface area contributed by atoms with Crippen molar-refractivity contribution in [3.8, 4) is 5.75 Å². The molecule has 1 N–H and O–H groups in total. The van der Waals surface area contributed by atoms with Crippen LogP contribution in [-0.2, 0) is 11.8 Å². The second kappa shape index (κ2) is 10.7. The number of carbonyl (C=O) groups is 2. The molecule has 1 aliphatic heterocycles. The third kappa shape index (κ3) is 5.32. The summed E-state index contributed by atoms with van der Waals surface area (Å²) < 4.78 is 7.11. The number of carbonyl (C=O) groups excluding carboxylic acids is 2. The zero-order valence-corrected chi connectivity index (χ0v) is 21.0. The molecule has 11 heteroatoms. The minimum absolute atomic E-state index is 0.0637. The molecule has 0 spiro atoms. The zero-order chi connectivity index (χ0) is 24.2. The molecule has 0 radical (unpaired) electrons. The first-order valence-corrected chi connectivity index (χ1v) is 12.3. The fourth-order valence-corrected chi connectivity index (χ4v) is 4.89. The Morgan fingerprint density at radius 3 is 2.62 bits per heavy atom. The predicted molar refractivity (Wildman–Crippen MR) is 133 cm³/mol. The summed E-state index contributed by atoms with van der Waals surface area (Å²) in [7, 11) is 3.37. The standard InChI is InChI=1S/C23H23Cl2N5O3S/c1-29-21(18-4-3-11-30(18)22(32)14-5-7-15(24)8-6-14)27-28-23(29)34-13-20(31)26-17-12-16(25)9-10-19(17)33-2/h5-10,12,18H,3-4,11,13H2,1-2H3,(H,26,31). The lowest BCUT2D eigenvalue weighted by Gasteiger charge is -2.24. The van der Waals surface area contributed by atoms with Crippen LogP contribution >= 0.6 is 35.0 Å². The number of aromatic nitrogens is 3.